The minimum atomic E-state index is -3.95. The predicted molar refractivity (Wildman–Crippen MR) is 87.7 cm³/mol. The van der Waals surface area contributed by atoms with Gasteiger partial charge < -0.3 is 5.73 Å². The Morgan fingerprint density at radius 2 is 1.64 bits per heavy atom. The van der Waals surface area contributed by atoms with Gasteiger partial charge in [0.15, 0.2) is 0 Å². The second kappa shape index (κ2) is 7.24. The summed E-state index contributed by atoms with van der Waals surface area (Å²) in [6.07, 6.45) is 0. The maximum Gasteiger partial charge on any atom is 0.242 e. The minimum absolute atomic E-state index is 0. The summed E-state index contributed by atoms with van der Waals surface area (Å²) in [5.74, 6) is 0. The van der Waals surface area contributed by atoms with Crippen LogP contribution in [-0.4, -0.2) is 41.3 Å². The molecule has 7 nitrogen and oxygen atoms in total. The second-order valence-electron chi connectivity index (χ2n) is 5.65. The topological polar surface area (TPSA) is 124 Å². The molecule has 0 aliphatic heterocycles. The Morgan fingerprint density at radius 3 is 2.09 bits per heavy atom. The molecule has 0 unspecified atom stereocenters. The van der Waals surface area contributed by atoms with Gasteiger partial charge in [-0.3, -0.25) is 0 Å². The lowest BCUT2D eigenvalue weighted by Gasteiger charge is -2.28. The molecule has 0 saturated carbocycles. The minimum Gasteiger partial charge on any atom is -0.330 e. The van der Waals surface area contributed by atoms with Gasteiger partial charge in [-0.05, 0) is 30.2 Å². The van der Waals surface area contributed by atoms with Gasteiger partial charge in [0.2, 0.25) is 20.0 Å². The fourth-order valence-corrected chi connectivity index (χ4v) is 3.78. The molecule has 0 aliphatic carbocycles. The number of benzene rings is 1. The largest absolute Gasteiger partial charge is 0.330 e. The van der Waals surface area contributed by atoms with Crippen molar-refractivity contribution >= 4 is 32.5 Å². The molecule has 0 fully saturated rings. The molecule has 0 aromatic heterocycles. The van der Waals surface area contributed by atoms with Crippen molar-refractivity contribution in [3.05, 3.63) is 24.3 Å². The Kier molecular flexibility index (Phi) is 7.01. The molecule has 0 atom stereocenters. The number of halogens is 1. The normalized spacial score (nSPS) is 13.0. The van der Waals surface area contributed by atoms with Gasteiger partial charge in [-0.25, -0.2) is 26.3 Å². The van der Waals surface area contributed by atoms with Gasteiger partial charge in [-0.2, -0.15) is 0 Å². The van der Waals surface area contributed by atoms with Gasteiger partial charge in [0.05, 0.1) is 9.79 Å². The molecule has 0 radical (unpaired) electrons. The Labute approximate surface area is 138 Å². The van der Waals surface area contributed by atoms with Gasteiger partial charge in [-0.1, -0.05) is 19.9 Å². The number of rotatable bonds is 6. The summed E-state index contributed by atoms with van der Waals surface area (Å²) in [5, 5.41) is 5.02. The molecule has 0 bridgehead atoms. The second-order valence-corrected chi connectivity index (χ2v) is 9.26. The number of hydrogen-bond donors (Lipinski definition) is 2. The fourth-order valence-electron chi connectivity index (χ4n) is 1.74. The standard InChI is InChI=1S/C12H21N3O4S2.ClH/c1-12(2,8-13)9-15(3)21(18,19)11-6-4-5-10(7-11)20(14,16)17;/h4-7H,8-9,13H2,1-3H3,(H2,14,16,17);1H. The Balaban J connectivity index is 0.00000441. The van der Waals surface area contributed by atoms with E-state index in [9.17, 15) is 16.8 Å². The summed E-state index contributed by atoms with van der Waals surface area (Å²) in [5.41, 5.74) is 5.21. The molecule has 22 heavy (non-hydrogen) atoms. The lowest BCUT2D eigenvalue weighted by Crippen LogP contribution is -2.39. The monoisotopic (exact) mass is 371 g/mol. The number of sulfonamides is 2. The van der Waals surface area contributed by atoms with E-state index >= 15 is 0 Å². The molecular weight excluding hydrogens is 350 g/mol. The van der Waals surface area contributed by atoms with E-state index in [1.807, 2.05) is 13.8 Å². The molecule has 10 heteroatoms. The highest BCUT2D eigenvalue weighted by Crippen LogP contribution is 2.22. The SMILES string of the molecule is CN(CC(C)(C)CN)S(=O)(=O)c1cccc(S(N)(=O)=O)c1.Cl. The van der Waals surface area contributed by atoms with Crippen molar-refractivity contribution < 1.29 is 16.8 Å². The van der Waals surface area contributed by atoms with E-state index in [4.69, 9.17) is 10.9 Å². The van der Waals surface area contributed by atoms with Crippen LogP contribution in [-0.2, 0) is 20.0 Å². The van der Waals surface area contributed by atoms with Crippen LogP contribution in [0.1, 0.15) is 13.8 Å². The van der Waals surface area contributed by atoms with Gasteiger partial charge in [0.25, 0.3) is 0 Å². The van der Waals surface area contributed by atoms with Crippen LogP contribution in [0.4, 0.5) is 0 Å². The molecule has 128 valence electrons. The third-order valence-electron chi connectivity index (χ3n) is 3.05. The summed E-state index contributed by atoms with van der Waals surface area (Å²) < 4.78 is 48.7. The maximum atomic E-state index is 12.5. The van der Waals surface area contributed by atoms with Crippen molar-refractivity contribution in [2.75, 3.05) is 20.1 Å². The first-order valence-corrected chi connectivity index (χ1v) is 9.18. The first kappa shape index (κ1) is 21.3. The lowest BCUT2D eigenvalue weighted by atomic mass is 9.94. The fraction of sp³-hybridized carbons (Fsp3) is 0.500. The van der Waals surface area contributed by atoms with E-state index in [-0.39, 0.29) is 34.2 Å². The smallest absolute Gasteiger partial charge is 0.242 e. The molecule has 0 amide bonds. The molecule has 1 aromatic carbocycles. The molecule has 1 aromatic rings. The number of hydrogen-bond acceptors (Lipinski definition) is 5. The molecular formula is C12H22ClN3O4S2. The van der Waals surface area contributed by atoms with Crippen LogP contribution in [0.2, 0.25) is 0 Å². The van der Waals surface area contributed by atoms with Crippen LogP contribution in [0.15, 0.2) is 34.1 Å². The summed E-state index contributed by atoms with van der Waals surface area (Å²) in [6, 6.07) is 4.97. The average Bonchev–Trinajstić information content (AvgIpc) is 2.37. The van der Waals surface area contributed by atoms with E-state index in [0.717, 1.165) is 10.4 Å². The van der Waals surface area contributed by atoms with Crippen LogP contribution in [0, 0.1) is 5.41 Å². The predicted octanol–water partition coefficient (Wildman–Crippen LogP) is 0.361. The van der Waals surface area contributed by atoms with Gasteiger partial charge in [0.1, 0.15) is 0 Å². The van der Waals surface area contributed by atoms with E-state index in [2.05, 4.69) is 0 Å². The van der Waals surface area contributed by atoms with Crippen molar-refractivity contribution in [1.82, 2.24) is 4.31 Å². The van der Waals surface area contributed by atoms with Crippen molar-refractivity contribution in [2.45, 2.75) is 23.6 Å². The zero-order chi connectivity index (χ0) is 16.5. The lowest BCUT2D eigenvalue weighted by molar-refractivity contribution is 0.292. The Bertz CT molecular complexity index is 718. The maximum absolute atomic E-state index is 12.5. The van der Waals surface area contributed by atoms with Gasteiger partial charge >= 0.3 is 0 Å². The van der Waals surface area contributed by atoms with E-state index < -0.39 is 20.0 Å². The van der Waals surface area contributed by atoms with Crippen molar-refractivity contribution in [1.29, 1.82) is 0 Å². The number of nitrogens with zero attached hydrogens (tertiary/aromatic N) is 1. The van der Waals surface area contributed by atoms with Crippen LogP contribution in [0.3, 0.4) is 0 Å². The highest BCUT2D eigenvalue weighted by molar-refractivity contribution is 7.90. The van der Waals surface area contributed by atoms with Crippen LogP contribution >= 0.6 is 12.4 Å². The molecule has 0 heterocycles. The number of primary sulfonamides is 1. The Morgan fingerprint density at radius 1 is 1.14 bits per heavy atom. The van der Waals surface area contributed by atoms with Crippen molar-refractivity contribution in [2.24, 2.45) is 16.3 Å². The number of nitrogens with two attached hydrogens (primary N) is 2. The van der Waals surface area contributed by atoms with E-state index in [0.29, 0.717) is 6.54 Å². The Hall–Kier alpha value is -0.710. The zero-order valence-electron chi connectivity index (χ0n) is 12.7. The van der Waals surface area contributed by atoms with Crippen molar-refractivity contribution in [3.8, 4) is 0 Å². The molecule has 0 saturated heterocycles. The molecule has 0 aliphatic rings. The third-order valence-corrected chi connectivity index (χ3v) is 5.76. The quantitative estimate of drug-likeness (QED) is 0.747. The molecule has 4 N–H and O–H groups in total. The highest BCUT2D eigenvalue weighted by atomic mass is 35.5. The molecule has 1 rings (SSSR count). The average molecular weight is 372 g/mol. The first-order valence-electron chi connectivity index (χ1n) is 6.19. The van der Waals surface area contributed by atoms with E-state index in [1.54, 1.807) is 0 Å². The van der Waals surface area contributed by atoms with Crippen LogP contribution in [0.25, 0.3) is 0 Å². The van der Waals surface area contributed by atoms with Crippen LogP contribution < -0.4 is 10.9 Å². The third kappa shape index (κ3) is 5.18. The highest BCUT2D eigenvalue weighted by Gasteiger charge is 2.27. The summed E-state index contributed by atoms with van der Waals surface area (Å²) in [7, 11) is -6.33. The molecule has 0 spiro atoms. The summed E-state index contributed by atoms with van der Waals surface area (Å²) in [6.45, 7) is 4.23. The van der Waals surface area contributed by atoms with E-state index in [1.165, 1.54) is 25.2 Å². The van der Waals surface area contributed by atoms with Crippen molar-refractivity contribution in [3.63, 3.8) is 0 Å². The summed E-state index contributed by atoms with van der Waals surface area (Å²) in [4.78, 5) is -0.362. The van der Waals surface area contributed by atoms with Crippen LogP contribution in [0.5, 0.6) is 0 Å². The van der Waals surface area contributed by atoms with Gasteiger partial charge in [-0.15, -0.1) is 12.4 Å². The first-order chi connectivity index (χ1) is 9.40. The summed E-state index contributed by atoms with van der Waals surface area (Å²) >= 11 is 0. The zero-order valence-corrected chi connectivity index (χ0v) is 15.1. The van der Waals surface area contributed by atoms with Gasteiger partial charge in [0, 0.05) is 13.6 Å².